The van der Waals surface area contributed by atoms with Crippen molar-refractivity contribution in [3.05, 3.63) is 65.0 Å². The highest BCUT2D eigenvalue weighted by molar-refractivity contribution is 5.89. The van der Waals surface area contributed by atoms with Crippen molar-refractivity contribution < 1.29 is 19.1 Å². The molecule has 2 heterocycles. The minimum Gasteiger partial charge on any atom is -0.465 e. The van der Waals surface area contributed by atoms with Crippen molar-refractivity contribution in [3.63, 3.8) is 0 Å². The second-order valence-corrected chi connectivity index (χ2v) is 6.27. The Morgan fingerprint density at radius 1 is 1.17 bits per heavy atom. The first-order valence-electron chi connectivity index (χ1n) is 8.59. The van der Waals surface area contributed by atoms with Crippen LogP contribution in [-0.4, -0.2) is 37.8 Å². The minimum absolute atomic E-state index is 0.0617. The third-order valence-corrected chi connectivity index (χ3v) is 4.09. The molecule has 0 aliphatic heterocycles. The molecule has 0 spiro atoms. The number of carboxylic acid groups (broad SMARTS) is 1. The van der Waals surface area contributed by atoms with E-state index in [1.54, 1.807) is 30.5 Å². The molecule has 3 aromatic rings. The first kappa shape index (κ1) is 19.8. The number of fused-ring (bicyclic) bond motifs is 1. The summed E-state index contributed by atoms with van der Waals surface area (Å²) in [5.41, 5.74) is 2.20. The lowest BCUT2D eigenvalue weighted by molar-refractivity contribution is -0.114. The van der Waals surface area contributed by atoms with Crippen LogP contribution in [-0.2, 0) is 11.3 Å². The van der Waals surface area contributed by atoms with Gasteiger partial charge >= 0.3 is 11.8 Å². The van der Waals surface area contributed by atoms with Gasteiger partial charge in [0.1, 0.15) is 0 Å². The Labute approximate surface area is 164 Å². The summed E-state index contributed by atoms with van der Waals surface area (Å²) < 4.78 is 15.4. The molecule has 0 fully saturated rings. The van der Waals surface area contributed by atoms with Crippen LogP contribution in [0.4, 0.5) is 14.9 Å². The summed E-state index contributed by atoms with van der Waals surface area (Å²) in [5, 5.41) is 17.5. The molecular weight excluding hydrogens is 381 g/mol. The van der Waals surface area contributed by atoms with Gasteiger partial charge in [-0.05, 0) is 41.0 Å². The van der Waals surface area contributed by atoms with Crippen molar-refractivity contribution >= 4 is 23.3 Å². The van der Waals surface area contributed by atoms with Crippen molar-refractivity contribution in [3.8, 4) is 11.1 Å². The summed E-state index contributed by atoms with van der Waals surface area (Å²) >= 11 is 0. The number of anilines is 1. The van der Waals surface area contributed by atoms with Gasteiger partial charge in [-0.25, -0.2) is 23.1 Å². The summed E-state index contributed by atoms with van der Waals surface area (Å²) in [6.45, 7) is 0.989. The molecule has 0 atom stereocenters. The SMILES string of the molecule is CC(=O)Nc1ccc(-c2ccc3nn(C/C(=C/F)CNC(=O)O)c(=O)n3c2)cc1. The number of nitrogens with zero attached hydrogens (tertiary/aromatic N) is 3. The highest BCUT2D eigenvalue weighted by Crippen LogP contribution is 2.21. The Morgan fingerprint density at radius 3 is 2.48 bits per heavy atom. The normalized spacial score (nSPS) is 11.4. The second kappa shape index (κ2) is 8.38. The highest BCUT2D eigenvalue weighted by Gasteiger charge is 2.11. The lowest BCUT2D eigenvalue weighted by Crippen LogP contribution is -2.28. The van der Waals surface area contributed by atoms with Crippen LogP contribution in [0.3, 0.4) is 0 Å². The fourth-order valence-corrected chi connectivity index (χ4v) is 2.75. The summed E-state index contributed by atoms with van der Waals surface area (Å²) in [7, 11) is 0. The van der Waals surface area contributed by atoms with Crippen molar-refractivity contribution in [2.75, 3.05) is 11.9 Å². The third-order valence-electron chi connectivity index (χ3n) is 4.09. The van der Waals surface area contributed by atoms with Crippen LogP contribution in [0.15, 0.2) is 59.3 Å². The van der Waals surface area contributed by atoms with E-state index in [9.17, 15) is 18.8 Å². The number of nitrogens with one attached hydrogen (secondary N) is 2. The zero-order chi connectivity index (χ0) is 21.0. The maximum Gasteiger partial charge on any atom is 0.404 e. The number of amides is 2. The Kier molecular flexibility index (Phi) is 5.72. The quantitative estimate of drug-likeness (QED) is 0.588. The minimum atomic E-state index is -1.29. The number of rotatable bonds is 6. The van der Waals surface area contributed by atoms with E-state index in [2.05, 4.69) is 10.4 Å². The Morgan fingerprint density at radius 2 is 1.86 bits per heavy atom. The van der Waals surface area contributed by atoms with E-state index >= 15 is 0 Å². The average molecular weight is 399 g/mol. The molecule has 3 N–H and O–H groups in total. The largest absolute Gasteiger partial charge is 0.465 e. The number of hydrogen-bond acceptors (Lipinski definition) is 4. The van der Waals surface area contributed by atoms with Crippen molar-refractivity contribution in [2.45, 2.75) is 13.5 Å². The van der Waals surface area contributed by atoms with Gasteiger partial charge in [-0.1, -0.05) is 12.1 Å². The molecule has 10 heteroatoms. The van der Waals surface area contributed by atoms with Gasteiger partial charge in [0.25, 0.3) is 0 Å². The molecule has 2 aromatic heterocycles. The summed E-state index contributed by atoms with van der Waals surface area (Å²) in [4.78, 5) is 34.3. The van der Waals surface area contributed by atoms with E-state index in [4.69, 9.17) is 5.11 Å². The Hall–Kier alpha value is -3.95. The van der Waals surface area contributed by atoms with Gasteiger partial charge in [0.15, 0.2) is 5.65 Å². The molecule has 150 valence electrons. The maximum absolute atomic E-state index is 13.0. The van der Waals surface area contributed by atoms with Gasteiger partial charge in [0.2, 0.25) is 5.91 Å². The topological polar surface area (TPSA) is 118 Å². The molecular formula is C19H18FN5O4. The molecule has 0 aliphatic carbocycles. The number of halogens is 1. The van der Waals surface area contributed by atoms with Crippen LogP contribution in [0.2, 0.25) is 0 Å². The summed E-state index contributed by atoms with van der Waals surface area (Å²) in [6.07, 6.45) is 0.582. The van der Waals surface area contributed by atoms with Gasteiger partial charge in [-0.3, -0.25) is 4.79 Å². The standard InChI is InChI=1S/C19H18FN5O4/c1-12(26)22-16-5-2-14(3-6-16)15-4-7-17-23-25(19(29)24(17)11-15)10-13(8-20)9-21-18(27)28/h2-8,11,21H,9-10H2,1H3,(H,22,26)(H,27,28)/b13-8+. The first-order valence-corrected chi connectivity index (χ1v) is 8.59. The molecule has 0 unspecified atom stereocenters. The van der Waals surface area contributed by atoms with Crippen molar-refractivity contribution in [1.82, 2.24) is 19.5 Å². The van der Waals surface area contributed by atoms with Gasteiger partial charge in [-0.2, -0.15) is 0 Å². The van der Waals surface area contributed by atoms with Gasteiger partial charge in [0.05, 0.1) is 12.9 Å². The highest BCUT2D eigenvalue weighted by atomic mass is 19.1. The van der Waals surface area contributed by atoms with Crippen LogP contribution in [0, 0.1) is 0 Å². The predicted octanol–water partition coefficient (Wildman–Crippen LogP) is 2.24. The zero-order valence-electron chi connectivity index (χ0n) is 15.4. The lowest BCUT2D eigenvalue weighted by Gasteiger charge is -2.05. The molecule has 0 saturated carbocycles. The molecule has 2 amide bonds. The number of carbonyl (C=O) groups excluding carboxylic acids is 1. The van der Waals surface area contributed by atoms with Gasteiger partial charge < -0.3 is 15.7 Å². The molecule has 1 aromatic carbocycles. The maximum atomic E-state index is 13.0. The van der Waals surface area contributed by atoms with E-state index in [1.165, 1.54) is 11.3 Å². The van der Waals surface area contributed by atoms with E-state index < -0.39 is 11.8 Å². The lowest BCUT2D eigenvalue weighted by atomic mass is 10.1. The Bertz CT molecular complexity index is 1150. The van der Waals surface area contributed by atoms with Crippen LogP contribution < -0.4 is 16.3 Å². The Balaban J connectivity index is 1.87. The smallest absolute Gasteiger partial charge is 0.404 e. The second-order valence-electron chi connectivity index (χ2n) is 6.27. The fourth-order valence-electron chi connectivity index (χ4n) is 2.75. The van der Waals surface area contributed by atoms with Crippen LogP contribution in [0.1, 0.15) is 6.92 Å². The number of aromatic nitrogens is 3. The van der Waals surface area contributed by atoms with Crippen molar-refractivity contribution in [2.24, 2.45) is 0 Å². The predicted molar refractivity (Wildman–Crippen MR) is 104 cm³/mol. The third kappa shape index (κ3) is 4.67. The van der Waals surface area contributed by atoms with E-state index in [0.717, 1.165) is 15.8 Å². The number of carbonyl (C=O) groups is 2. The molecule has 0 radical (unpaired) electrons. The molecule has 9 nitrogen and oxygen atoms in total. The molecule has 3 rings (SSSR count). The van der Waals surface area contributed by atoms with Gasteiger partial charge in [-0.15, -0.1) is 5.10 Å². The van der Waals surface area contributed by atoms with E-state index in [0.29, 0.717) is 11.3 Å². The zero-order valence-corrected chi connectivity index (χ0v) is 15.4. The molecule has 0 aliphatic rings. The number of pyridine rings is 1. The fraction of sp³-hybridized carbons (Fsp3) is 0.158. The number of benzene rings is 1. The van der Waals surface area contributed by atoms with Crippen LogP contribution >= 0.6 is 0 Å². The average Bonchev–Trinajstić information content (AvgIpc) is 3.00. The van der Waals surface area contributed by atoms with E-state index in [1.807, 2.05) is 17.4 Å². The van der Waals surface area contributed by atoms with Crippen LogP contribution in [0.25, 0.3) is 16.8 Å². The summed E-state index contributed by atoms with van der Waals surface area (Å²) in [6, 6.07) is 10.6. The molecule has 0 bridgehead atoms. The molecule has 29 heavy (non-hydrogen) atoms. The number of hydrogen-bond donors (Lipinski definition) is 3. The van der Waals surface area contributed by atoms with E-state index in [-0.39, 0.29) is 30.9 Å². The first-order chi connectivity index (χ1) is 13.9. The van der Waals surface area contributed by atoms with Crippen molar-refractivity contribution in [1.29, 1.82) is 0 Å². The van der Waals surface area contributed by atoms with Gasteiger partial charge in [0, 0.05) is 25.4 Å². The van der Waals surface area contributed by atoms with Crippen LogP contribution in [0.5, 0.6) is 0 Å². The monoisotopic (exact) mass is 399 g/mol. The summed E-state index contributed by atoms with van der Waals surface area (Å²) in [5.74, 6) is -0.168. The molecule has 0 saturated heterocycles.